The van der Waals surface area contributed by atoms with E-state index in [-0.39, 0.29) is 11.5 Å². The third-order valence-corrected chi connectivity index (χ3v) is 2.13. The molecule has 0 unspecified atom stereocenters. The van der Waals surface area contributed by atoms with Crippen molar-refractivity contribution < 1.29 is 19.7 Å². The molecule has 4 nitrogen and oxygen atoms in total. The first-order chi connectivity index (χ1) is 8.17. The summed E-state index contributed by atoms with van der Waals surface area (Å²) in [4.78, 5) is 10.5. The molecule has 0 bridgehead atoms. The van der Waals surface area contributed by atoms with Gasteiger partial charge in [0, 0.05) is 23.8 Å². The Morgan fingerprint density at radius 2 is 1.47 bits per heavy atom. The Labute approximate surface area is 97.7 Å². The van der Waals surface area contributed by atoms with Gasteiger partial charge >= 0.3 is 0 Å². The molecule has 0 aliphatic rings. The Morgan fingerprint density at radius 1 is 0.882 bits per heavy atom. The predicted octanol–water partition coefficient (Wildman–Crippen LogP) is 2.70. The van der Waals surface area contributed by atoms with Crippen LogP contribution in [0.4, 0.5) is 0 Å². The highest BCUT2D eigenvalue weighted by atomic mass is 16.5. The molecule has 0 amide bonds. The van der Waals surface area contributed by atoms with E-state index in [4.69, 9.17) is 4.74 Å². The van der Waals surface area contributed by atoms with Crippen molar-refractivity contribution in [2.24, 2.45) is 0 Å². The van der Waals surface area contributed by atoms with Crippen LogP contribution < -0.4 is 4.74 Å². The fraction of sp³-hybridized carbons (Fsp3) is 0. The maximum Gasteiger partial charge on any atom is 0.150 e. The van der Waals surface area contributed by atoms with Crippen LogP contribution in [0, 0.1) is 0 Å². The highest BCUT2D eigenvalue weighted by Crippen LogP contribution is 2.29. The monoisotopic (exact) mass is 230 g/mol. The van der Waals surface area contributed by atoms with E-state index in [1.807, 2.05) is 0 Å². The number of carbonyl (C=O) groups is 1. The van der Waals surface area contributed by atoms with Crippen molar-refractivity contribution in [3.8, 4) is 23.0 Å². The van der Waals surface area contributed by atoms with E-state index in [2.05, 4.69) is 0 Å². The molecule has 0 atom stereocenters. The number of hydrogen-bond acceptors (Lipinski definition) is 4. The molecular weight excluding hydrogens is 220 g/mol. The second kappa shape index (κ2) is 4.57. The standard InChI is InChI=1S/C13H10O4/c14-8-9-1-3-12(4-2-9)17-13-6-10(15)5-11(16)7-13/h1-8,15-16H. The maximum atomic E-state index is 10.5. The second-order valence-corrected chi connectivity index (χ2v) is 3.47. The van der Waals surface area contributed by atoms with Gasteiger partial charge in [0.1, 0.15) is 29.3 Å². The molecule has 2 N–H and O–H groups in total. The zero-order chi connectivity index (χ0) is 12.3. The summed E-state index contributed by atoms with van der Waals surface area (Å²) >= 11 is 0. The van der Waals surface area contributed by atoms with E-state index < -0.39 is 0 Å². The van der Waals surface area contributed by atoms with E-state index in [0.29, 0.717) is 17.1 Å². The quantitative estimate of drug-likeness (QED) is 0.795. The average Bonchev–Trinajstić information content (AvgIpc) is 2.28. The Kier molecular flexibility index (Phi) is 2.96. The molecule has 0 heterocycles. The third-order valence-electron chi connectivity index (χ3n) is 2.13. The van der Waals surface area contributed by atoms with Crippen molar-refractivity contribution in [2.75, 3.05) is 0 Å². The van der Waals surface area contributed by atoms with E-state index in [9.17, 15) is 15.0 Å². The van der Waals surface area contributed by atoms with Crippen LogP contribution in [0.3, 0.4) is 0 Å². The minimum Gasteiger partial charge on any atom is -0.508 e. The van der Waals surface area contributed by atoms with Crippen LogP contribution >= 0.6 is 0 Å². The minimum atomic E-state index is -0.0792. The smallest absolute Gasteiger partial charge is 0.150 e. The largest absolute Gasteiger partial charge is 0.508 e. The highest BCUT2D eigenvalue weighted by molar-refractivity contribution is 5.74. The van der Waals surface area contributed by atoms with Crippen molar-refractivity contribution in [1.29, 1.82) is 0 Å². The van der Waals surface area contributed by atoms with Crippen LogP contribution in [0.1, 0.15) is 10.4 Å². The zero-order valence-corrected chi connectivity index (χ0v) is 8.83. The molecule has 0 saturated heterocycles. The molecule has 0 aromatic heterocycles. The van der Waals surface area contributed by atoms with Crippen LogP contribution in [0.15, 0.2) is 42.5 Å². The van der Waals surface area contributed by atoms with Crippen molar-refractivity contribution in [2.45, 2.75) is 0 Å². The molecule has 2 aromatic carbocycles. The number of rotatable bonds is 3. The zero-order valence-electron chi connectivity index (χ0n) is 8.83. The maximum absolute atomic E-state index is 10.5. The minimum absolute atomic E-state index is 0.0792. The Bertz CT molecular complexity index is 511. The van der Waals surface area contributed by atoms with Crippen LogP contribution in [0.2, 0.25) is 0 Å². The molecule has 0 radical (unpaired) electrons. The van der Waals surface area contributed by atoms with Gasteiger partial charge in [-0.1, -0.05) is 0 Å². The van der Waals surface area contributed by atoms with Crippen molar-refractivity contribution >= 4 is 6.29 Å². The molecule has 0 saturated carbocycles. The van der Waals surface area contributed by atoms with Gasteiger partial charge in [0.15, 0.2) is 0 Å². The lowest BCUT2D eigenvalue weighted by Crippen LogP contribution is -1.85. The third kappa shape index (κ3) is 2.75. The fourth-order valence-corrected chi connectivity index (χ4v) is 1.38. The van der Waals surface area contributed by atoms with Crippen molar-refractivity contribution in [1.82, 2.24) is 0 Å². The number of benzene rings is 2. The first-order valence-electron chi connectivity index (χ1n) is 4.93. The lowest BCUT2D eigenvalue weighted by molar-refractivity contribution is 0.112. The summed E-state index contributed by atoms with van der Waals surface area (Å²) in [5.41, 5.74) is 0.552. The van der Waals surface area contributed by atoms with E-state index in [1.54, 1.807) is 24.3 Å². The van der Waals surface area contributed by atoms with Crippen LogP contribution in [0.25, 0.3) is 0 Å². The predicted molar refractivity (Wildman–Crippen MR) is 61.7 cm³/mol. The molecule has 0 fully saturated rings. The van der Waals surface area contributed by atoms with Gasteiger partial charge in [-0.2, -0.15) is 0 Å². The van der Waals surface area contributed by atoms with Gasteiger partial charge in [0.2, 0.25) is 0 Å². The number of aromatic hydroxyl groups is 2. The lowest BCUT2D eigenvalue weighted by Gasteiger charge is -2.06. The van der Waals surface area contributed by atoms with Crippen molar-refractivity contribution in [3.63, 3.8) is 0 Å². The molecule has 2 rings (SSSR count). The molecule has 0 aliphatic heterocycles. The first kappa shape index (κ1) is 11.0. The summed E-state index contributed by atoms with van der Waals surface area (Å²) in [5, 5.41) is 18.5. The molecule has 0 spiro atoms. The Balaban J connectivity index is 2.21. The number of aldehydes is 1. The van der Waals surface area contributed by atoms with E-state index >= 15 is 0 Å². The molecule has 86 valence electrons. The van der Waals surface area contributed by atoms with Gasteiger partial charge in [-0.3, -0.25) is 4.79 Å². The average molecular weight is 230 g/mol. The van der Waals surface area contributed by atoms with E-state index in [1.165, 1.54) is 18.2 Å². The fourth-order valence-electron chi connectivity index (χ4n) is 1.38. The lowest BCUT2D eigenvalue weighted by atomic mass is 10.2. The summed E-state index contributed by atoms with van der Waals surface area (Å²) < 4.78 is 5.40. The topological polar surface area (TPSA) is 66.8 Å². The van der Waals surface area contributed by atoms with E-state index in [0.717, 1.165) is 6.29 Å². The summed E-state index contributed by atoms with van der Waals surface area (Å²) in [6.07, 6.45) is 0.740. The normalized spacial score (nSPS) is 9.88. The van der Waals surface area contributed by atoms with Crippen LogP contribution in [-0.4, -0.2) is 16.5 Å². The summed E-state index contributed by atoms with van der Waals surface area (Å²) in [6.45, 7) is 0. The number of phenolic OH excluding ortho intramolecular Hbond substituents is 2. The second-order valence-electron chi connectivity index (χ2n) is 3.47. The summed E-state index contributed by atoms with van der Waals surface area (Å²) in [6, 6.07) is 10.5. The Hall–Kier alpha value is -2.49. The number of ether oxygens (including phenoxy) is 1. The summed E-state index contributed by atoms with van der Waals surface area (Å²) in [7, 11) is 0. The molecular formula is C13H10O4. The number of hydrogen-bond donors (Lipinski definition) is 2. The summed E-state index contributed by atoms with van der Waals surface area (Å²) in [5.74, 6) is 0.677. The van der Waals surface area contributed by atoms with Gasteiger partial charge in [0.25, 0.3) is 0 Å². The van der Waals surface area contributed by atoms with Crippen LogP contribution in [-0.2, 0) is 0 Å². The molecule has 0 aliphatic carbocycles. The SMILES string of the molecule is O=Cc1ccc(Oc2cc(O)cc(O)c2)cc1. The van der Waals surface area contributed by atoms with Crippen molar-refractivity contribution in [3.05, 3.63) is 48.0 Å². The molecule has 2 aromatic rings. The Morgan fingerprint density at radius 3 is 2.00 bits per heavy atom. The molecule has 17 heavy (non-hydrogen) atoms. The van der Waals surface area contributed by atoms with Gasteiger partial charge in [-0.05, 0) is 24.3 Å². The molecule has 4 heteroatoms. The van der Waals surface area contributed by atoms with Gasteiger partial charge in [0.05, 0.1) is 0 Å². The van der Waals surface area contributed by atoms with Gasteiger partial charge in [-0.25, -0.2) is 0 Å². The number of carbonyl (C=O) groups excluding carboxylic acids is 1. The van der Waals surface area contributed by atoms with Gasteiger partial charge < -0.3 is 14.9 Å². The first-order valence-corrected chi connectivity index (χ1v) is 4.93. The highest BCUT2D eigenvalue weighted by Gasteiger charge is 2.02. The van der Waals surface area contributed by atoms with Crippen LogP contribution in [0.5, 0.6) is 23.0 Å². The van der Waals surface area contributed by atoms with Gasteiger partial charge in [-0.15, -0.1) is 0 Å². The number of phenols is 2.